The number of likely N-dealkylation sites (tertiary alicyclic amines) is 1. The second-order valence-corrected chi connectivity index (χ2v) is 5.85. The molecule has 0 bridgehead atoms. The number of piperidine rings is 1. The SMILES string of the molecule is Cc1cnc([C@H]2CCCN(CC3CCC3)C2)[nH]1. The fourth-order valence-electron chi connectivity index (χ4n) is 3.13. The normalized spacial score (nSPS) is 27.0. The van der Waals surface area contributed by atoms with E-state index >= 15 is 0 Å². The third kappa shape index (κ3) is 2.54. The van der Waals surface area contributed by atoms with Crippen molar-refractivity contribution >= 4 is 0 Å². The number of H-pyrrole nitrogens is 1. The molecule has 0 spiro atoms. The summed E-state index contributed by atoms with van der Waals surface area (Å²) in [5.41, 5.74) is 1.19. The van der Waals surface area contributed by atoms with Crippen LogP contribution in [0.25, 0.3) is 0 Å². The molecule has 2 heterocycles. The van der Waals surface area contributed by atoms with Crippen molar-refractivity contribution in [1.82, 2.24) is 14.9 Å². The van der Waals surface area contributed by atoms with Crippen LogP contribution in [-0.2, 0) is 0 Å². The molecule has 0 aromatic carbocycles. The van der Waals surface area contributed by atoms with E-state index in [9.17, 15) is 0 Å². The van der Waals surface area contributed by atoms with Crippen molar-refractivity contribution in [2.24, 2.45) is 5.92 Å². The number of nitrogens with one attached hydrogen (secondary N) is 1. The molecule has 1 saturated heterocycles. The largest absolute Gasteiger partial charge is 0.346 e. The molecule has 94 valence electrons. The zero-order valence-corrected chi connectivity index (χ0v) is 10.8. The maximum atomic E-state index is 4.50. The van der Waals surface area contributed by atoms with E-state index < -0.39 is 0 Å². The Balaban J connectivity index is 1.58. The second-order valence-electron chi connectivity index (χ2n) is 5.85. The van der Waals surface area contributed by atoms with Crippen molar-refractivity contribution in [2.75, 3.05) is 19.6 Å². The summed E-state index contributed by atoms with van der Waals surface area (Å²) in [6.07, 6.45) is 8.97. The van der Waals surface area contributed by atoms with Gasteiger partial charge in [-0.05, 0) is 45.1 Å². The third-order valence-electron chi connectivity index (χ3n) is 4.36. The lowest BCUT2D eigenvalue weighted by Gasteiger charge is -2.37. The first-order valence-electron chi connectivity index (χ1n) is 7.05. The van der Waals surface area contributed by atoms with Crippen LogP contribution in [0.1, 0.15) is 49.5 Å². The Hall–Kier alpha value is -0.830. The molecule has 1 aliphatic heterocycles. The smallest absolute Gasteiger partial charge is 0.110 e. The number of aromatic nitrogens is 2. The maximum Gasteiger partial charge on any atom is 0.110 e. The lowest BCUT2D eigenvalue weighted by Crippen LogP contribution is -2.39. The summed E-state index contributed by atoms with van der Waals surface area (Å²) in [6.45, 7) is 5.93. The molecular weight excluding hydrogens is 210 g/mol. The highest BCUT2D eigenvalue weighted by atomic mass is 15.1. The highest BCUT2D eigenvalue weighted by Crippen LogP contribution is 2.30. The van der Waals surface area contributed by atoms with Gasteiger partial charge < -0.3 is 9.88 Å². The molecule has 17 heavy (non-hydrogen) atoms. The van der Waals surface area contributed by atoms with Crippen LogP contribution in [0.3, 0.4) is 0 Å². The van der Waals surface area contributed by atoms with Gasteiger partial charge >= 0.3 is 0 Å². The van der Waals surface area contributed by atoms with Crippen molar-refractivity contribution in [2.45, 2.75) is 44.9 Å². The predicted octanol–water partition coefficient (Wildman–Crippen LogP) is 2.70. The molecule has 0 amide bonds. The maximum absolute atomic E-state index is 4.50. The van der Waals surface area contributed by atoms with Crippen LogP contribution in [-0.4, -0.2) is 34.5 Å². The fourth-order valence-corrected chi connectivity index (χ4v) is 3.13. The molecule has 0 unspecified atom stereocenters. The van der Waals surface area contributed by atoms with E-state index in [0.29, 0.717) is 5.92 Å². The van der Waals surface area contributed by atoms with E-state index in [1.807, 2.05) is 6.20 Å². The number of imidazole rings is 1. The molecule has 2 aliphatic rings. The molecule has 1 N–H and O–H groups in total. The van der Waals surface area contributed by atoms with E-state index in [-0.39, 0.29) is 0 Å². The van der Waals surface area contributed by atoms with Crippen LogP contribution in [0.2, 0.25) is 0 Å². The van der Waals surface area contributed by atoms with Gasteiger partial charge in [0.25, 0.3) is 0 Å². The van der Waals surface area contributed by atoms with Gasteiger partial charge in [-0.3, -0.25) is 0 Å². The van der Waals surface area contributed by atoms with Gasteiger partial charge in [-0.1, -0.05) is 6.42 Å². The summed E-state index contributed by atoms with van der Waals surface area (Å²) >= 11 is 0. The van der Waals surface area contributed by atoms with E-state index in [4.69, 9.17) is 0 Å². The zero-order chi connectivity index (χ0) is 11.7. The van der Waals surface area contributed by atoms with Crippen molar-refractivity contribution < 1.29 is 0 Å². The van der Waals surface area contributed by atoms with Crippen LogP contribution < -0.4 is 0 Å². The van der Waals surface area contributed by atoms with Gasteiger partial charge in [0.2, 0.25) is 0 Å². The van der Waals surface area contributed by atoms with Crippen LogP contribution in [0.5, 0.6) is 0 Å². The molecule has 2 fully saturated rings. The van der Waals surface area contributed by atoms with E-state index in [2.05, 4.69) is 21.8 Å². The van der Waals surface area contributed by atoms with Gasteiger partial charge in [-0.2, -0.15) is 0 Å². The topological polar surface area (TPSA) is 31.9 Å². The first-order chi connectivity index (χ1) is 8.31. The summed E-state index contributed by atoms with van der Waals surface area (Å²) in [7, 11) is 0. The average molecular weight is 233 g/mol. The monoisotopic (exact) mass is 233 g/mol. The minimum absolute atomic E-state index is 0.637. The Kier molecular flexibility index (Phi) is 3.19. The lowest BCUT2D eigenvalue weighted by atomic mass is 9.84. The molecule has 1 saturated carbocycles. The Morgan fingerprint density at radius 3 is 2.88 bits per heavy atom. The van der Waals surface area contributed by atoms with Gasteiger partial charge in [0.1, 0.15) is 5.82 Å². The highest BCUT2D eigenvalue weighted by Gasteiger charge is 2.26. The Morgan fingerprint density at radius 2 is 2.24 bits per heavy atom. The van der Waals surface area contributed by atoms with E-state index in [0.717, 1.165) is 5.92 Å². The number of aryl methyl sites for hydroxylation is 1. The quantitative estimate of drug-likeness (QED) is 0.870. The van der Waals surface area contributed by atoms with Crippen molar-refractivity contribution in [3.8, 4) is 0 Å². The first kappa shape index (κ1) is 11.3. The Morgan fingerprint density at radius 1 is 1.35 bits per heavy atom. The minimum Gasteiger partial charge on any atom is -0.346 e. The van der Waals surface area contributed by atoms with Gasteiger partial charge in [0.15, 0.2) is 0 Å². The molecular formula is C14H23N3. The predicted molar refractivity (Wildman–Crippen MR) is 69.1 cm³/mol. The summed E-state index contributed by atoms with van der Waals surface area (Å²) < 4.78 is 0. The average Bonchev–Trinajstić information content (AvgIpc) is 2.71. The molecule has 0 radical (unpaired) electrons. The lowest BCUT2D eigenvalue weighted by molar-refractivity contribution is 0.142. The number of rotatable bonds is 3. The molecule has 3 heteroatoms. The summed E-state index contributed by atoms with van der Waals surface area (Å²) in [5.74, 6) is 2.84. The highest BCUT2D eigenvalue weighted by molar-refractivity contribution is 5.05. The zero-order valence-electron chi connectivity index (χ0n) is 10.8. The molecule has 3 rings (SSSR count). The van der Waals surface area contributed by atoms with Crippen molar-refractivity contribution in [1.29, 1.82) is 0 Å². The second kappa shape index (κ2) is 4.81. The van der Waals surface area contributed by atoms with Crippen LogP contribution in [0, 0.1) is 12.8 Å². The van der Waals surface area contributed by atoms with Crippen LogP contribution >= 0.6 is 0 Å². The number of nitrogens with zero attached hydrogens (tertiary/aromatic N) is 2. The summed E-state index contributed by atoms with van der Waals surface area (Å²) in [6, 6.07) is 0. The number of hydrogen-bond donors (Lipinski definition) is 1. The van der Waals surface area contributed by atoms with Gasteiger partial charge in [0, 0.05) is 30.9 Å². The van der Waals surface area contributed by atoms with Crippen LogP contribution in [0.15, 0.2) is 6.20 Å². The van der Waals surface area contributed by atoms with Crippen molar-refractivity contribution in [3.63, 3.8) is 0 Å². The van der Waals surface area contributed by atoms with Crippen LogP contribution in [0.4, 0.5) is 0 Å². The molecule has 1 atom stereocenters. The van der Waals surface area contributed by atoms with E-state index in [1.165, 1.54) is 63.3 Å². The summed E-state index contributed by atoms with van der Waals surface area (Å²) in [4.78, 5) is 10.6. The van der Waals surface area contributed by atoms with Gasteiger partial charge in [-0.25, -0.2) is 4.98 Å². The number of aromatic amines is 1. The minimum atomic E-state index is 0.637. The Labute approximate surface area is 104 Å². The molecule has 1 aliphatic carbocycles. The summed E-state index contributed by atoms with van der Waals surface area (Å²) in [5, 5.41) is 0. The molecule has 1 aromatic rings. The molecule has 1 aromatic heterocycles. The standard InChI is InChI=1S/C14H23N3/c1-11-8-15-14(16-11)13-6-3-7-17(10-13)9-12-4-2-5-12/h8,12-13H,2-7,9-10H2,1H3,(H,15,16)/t13-/m0/s1. The third-order valence-corrected chi connectivity index (χ3v) is 4.36. The number of hydrogen-bond acceptors (Lipinski definition) is 2. The van der Waals surface area contributed by atoms with E-state index in [1.54, 1.807) is 0 Å². The first-order valence-corrected chi connectivity index (χ1v) is 7.05. The molecule has 3 nitrogen and oxygen atoms in total. The Bertz CT molecular complexity index is 367. The van der Waals surface area contributed by atoms with Crippen molar-refractivity contribution in [3.05, 3.63) is 17.7 Å². The van der Waals surface area contributed by atoms with Gasteiger partial charge in [0.05, 0.1) is 0 Å². The fraction of sp³-hybridized carbons (Fsp3) is 0.786. The van der Waals surface area contributed by atoms with Gasteiger partial charge in [-0.15, -0.1) is 0 Å².